The van der Waals surface area contributed by atoms with Gasteiger partial charge in [0, 0.05) is 31.8 Å². The number of carbonyl (C=O) groups excluding carboxylic acids is 2. The summed E-state index contributed by atoms with van der Waals surface area (Å²) in [5, 5.41) is 10.8. The fraction of sp³-hybridized carbons (Fsp3) is 0.667. The van der Waals surface area contributed by atoms with Crippen LogP contribution >= 0.6 is 11.3 Å². The van der Waals surface area contributed by atoms with Crippen LogP contribution in [0.2, 0.25) is 0 Å². The van der Waals surface area contributed by atoms with Gasteiger partial charge in [-0.2, -0.15) is 0 Å². The molecule has 152 valence electrons. The average Bonchev–Trinajstić information content (AvgIpc) is 2.98. The molecule has 0 aliphatic carbocycles. The predicted molar refractivity (Wildman–Crippen MR) is 101 cm³/mol. The minimum absolute atomic E-state index is 0.0412. The summed E-state index contributed by atoms with van der Waals surface area (Å²) in [5.41, 5.74) is -0.734. The second-order valence-corrected chi connectivity index (χ2v) is 8.50. The fourth-order valence-electron chi connectivity index (χ4n) is 2.50. The maximum Gasteiger partial charge on any atom is 0.410 e. The molecule has 1 amide bonds. The summed E-state index contributed by atoms with van der Waals surface area (Å²) in [6.45, 7) is 10.5. The van der Waals surface area contributed by atoms with Crippen LogP contribution in [0.15, 0.2) is 5.38 Å². The van der Waals surface area contributed by atoms with E-state index in [4.69, 9.17) is 14.6 Å². The van der Waals surface area contributed by atoms with E-state index in [2.05, 4.69) is 4.98 Å². The molecule has 0 bridgehead atoms. The lowest BCUT2D eigenvalue weighted by Crippen LogP contribution is -2.44. The standard InChI is InChI=1S/C18H28N2O6S/c1-10(2)13(20(7)17(24)26-18(4,5)6)8-14(25-11(3)21)15-19-12(9-27-15)16(22)23/h9-10,13-14H,8H2,1-7H3,(H,22,23)/t13-,14-/m1/s1. The molecule has 1 N–H and O–H groups in total. The van der Waals surface area contributed by atoms with Crippen molar-refractivity contribution in [3.8, 4) is 0 Å². The highest BCUT2D eigenvalue weighted by molar-refractivity contribution is 7.09. The molecule has 2 atom stereocenters. The van der Waals surface area contributed by atoms with Gasteiger partial charge in [0.25, 0.3) is 0 Å². The van der Waals surface area contributed by atoms with Crippen molar-refractivity contribution in [2.24, 2.45) is 5.92 Å². The van der Waals surface area contributed by atoms with E-state index in [-0.39, 0.29) is 24.1 Å². The fourth-order valence-corrected chi connectivity index (χ4v) is 3.33. The molecule has 0 unspecified atom stereocenters. The van der Waals surface area contributed by atoms with E-state index in [0.29, 0.717) is 5.01 Å². The van der Waals surface area contributed by atoms with E-state index in [0.717, 1.165) is 11.3 Å². The van der Waals surface area contributed by atoms with Gasteiger partial charge in [0.2, 0.25) is 0 Å². The van der Waals surface area contributed by atoms with Crippen LogP contribution in [0.25, 0.3) is 0 Å². The molecule has 0 aliphatic rings. The van der Waals surface area contributed by atoms with E-state index in [1.165, 1.54) is 17.2 Å². The number of thiazole rings is 1. The van der Waals surface area contributed by atoms with Crippen LogP contribution in [-0.2, 0) is 14.3 Å². The van der Waals surface area contributed by atoms with Crippen molar-refractivity contribution in [2.45, 2.75) is 65.7 Å². The molecule has 1 aromatic rings. The Kier molecular flexibility index (Phi) is 7.77. The Hall–Kier alpha value is -2.16. The Balaban J connectivity index is 3.07. The molecule has 0 radical (unpaired) electrons. The molecule has 8 nitrogen and oxygen atoms in total. The summed E-state index contributed by atoms with van der Waals surface area (Å²) in [6.07, 6.45) is -0.953. The van der Waals surface area contributed by atoms with Crippen LogP contribution in [0.3, 0.4) is 0 Å². The normalized spacial score (nSPS) is 13.8. The lowest BCUT2D eigenvalue weighted by Gasteiger charge is -2.34. The summed E-state index contributed by atoms with van der Waals surface area (Å²) in [5.74, 6) is -1.61. The highest BCUT2D eigenvalue weighted by Gasteiger charge is 2.32. The summed E-state index contributed by atoms with van der Waals surface area (Å²) in [6, 6.07) is -0.304. The Morgan fingerprint density at radius 3 is 2.30 bits per heavy atom. The zero-order valence-corrected chi connectivity index (χ0v) is 17.6. The van der Waals surface area contributed by atoms with Gasteiger partial charge in [-0.3, -0.25) is 4.79 Å². The van der Waals surface area contributed by atoms with Crippen LogP contribution in [-0.4, -0.2) is 51.7 Å². The largest absolute Gasteiger partial charge is 0.476 e. The minimum Gasteiger partial charge on any atom is -0.476 e. The van der Waals surface area contributed by atoms with Crippen molar-refractivity contribution in [1.29, 1.82) is 0 Å². The summed E-state index contributed by atoms with van der Waals surface area (Å²) in [7, 11) is 1.63. The van der Waals surface area contributed by atoms with Crippen molar-refractivity contribution in [1.82, 2.24) is 9.88 Å². The molecular weight excluding hydrogens is 372 g/mol. The molecular formula is C18H28N2O6S. The second-order valence-electron chi connectivity index (χ2n) is 7.61. The van der Waals surface area contributed by atoms with Crippen LogP contribution in [0.4, 0.5) is 4.79 Å². The van der Waals surface area contributed by atoms with Crippen LogP contribution in [0, 0.1) is 5.92 Å². The van der Waals surface area contributed by atoms with Crippen molar-refractivity contribution in [3.63, 3.8) is 0 Å². The number of carboxylic acids is 1. The maximum absolute atomic E-state index is 12.4. The van der Waals surface area contributed by atoms with Gasteiger partial charge in [-0.25, -0.2) is 14.6 Å². The number of hydrogen-bond acceptors (Lipinski definition) is 7. The summed E-state index contributed by atoms with van der Waals surface area (Å²) < 4.78 is 10.8. The first kappa shape index (κ1) is 22.9. The zero-order valence-electron chi connectivity index (χ0n) is 16.8. The van der Waals surface area contributed by atoms with E-state index >= 15 is 0 Å². The van der Waals surface area contributed by atoms with Gasteiger partial charge >= 0.3 is 18.0 Å². The number of esters is 1. The number of hydrogen-bond donors (Lipinski definition) is 1. The van der Waals surface area contributed by atoms with Crippen LogP contribution in [0.5, 0.6) is 0 Å². The molecule has 1 heterocycles. The van der Waals surface area contributed by atoms with Gasteiger partial charge in [-0.1, -0.05) is 13.8 Å². The third-order valence-corrected chi connectivity index (χ3v) is 4.67. The maximum atomic E-state index is 12.4. The van der Waals surface area contributed by atoms with E-state index < -0.39 is 29.7 Å². The lowest BCUT2D eigenvalue weighted by atomic mass is 9.96. The van der Waals surface area contributed by atoms with Crippen molar-refractivity contribution in [2.75, 3.05) is 7.05 Å². The highest BCUT2D eigenvalue weighted by Crippen LogP contribution is 2.30. The number of nitrogens with zero attached hydrogens (tertiary/aromatic N) is 2. The number of ether oxygens (including phenoxy) is 2. The number of carboxylic acid groups (broad SMARTS) is 1. The average molecular weight is 400 g/mol. The van der Waals surface area contributed by atoms with Gasteiger partial charge in [0.15, 0.2) is 11.8 Å². The van der Waals surface area contributed by atoms with Gasteiger partial charge in [-0.05, 0) is 26.7 Å². The van der Waals surface area contributed by atoms with Gasteiger partial charge < -0.3 is 19.5 Å². The van der Waals surface area contributed by atoms with Crippen LogP contribution < -0.4 is 0 Å². The number of aromatic nitrogens is 1. The molecule has 9 heteroatoms. The van der Waals surface area contributed by atoms with Gasteiger partial charge in [0.05, 0.1) is 0 Å². The SMILES string of the molecule is CC(=O)O[C@H](C[C@H](C(C)C)N(C)C(=O)OC(C)(C)C)c1nc(C(=O)O)cs1. The van der Waals surface area contributed by atoms with Crippen LogP contribution in [0.1, 0.15) is 69.6 Å². The summed E-state index contributed by atoms with van der Waals surface area (Å²) >= 11 is 1.11. The summed E-state index contributed by atoms with van der Waals surface area (Å²) in [4.78, 5) is 40.6. The Bertz CT molecular complexity index is 680. The molecule has 0 saturated heterocycles. The quantitative estimate of drug-likeness (QED) is 0.695. The highest BCUT2D eigenvalue weighted by atomic mass is 32.1. The minimum atomic E-state index is -1.15. The number of rotatable bonds is 7. The number of aromatic carboxylic acids is 1. The molecule has 0 spiro atoms. The monoisotopic (exact) mass is 400 g/mol. The first-order valence-electron chi connectivity index (χ1n) is 8.63. The Morgan fingerprint density at radius 1 is 1.30 bits per heavy atom. The number of amides is 1. The molecule has 0 aromatic carbocycles. The lowest BCUT2D eigenvalue weighted by molar-refractivity contribution is -0.147. The first-order valence-corrected chi connectivity index (χ1v) is 9.51. The second kappa shape index (κ2) is 9.16. The number of carbonyl (C=O) groups is 3. The molecule has 1 aromatic heterocycles. The van der Waals surface area contributed by atoms with Crippen molar-refractivity contribution >= 4 is 29.4 Å². The van der Waals surface area contributed by atoms with Crippen molar-refractivity contribution in [3.05, 3.63) is 16.1 Å². The van der Waals surface area contributed by atoms with Crippen molar-refractivity contribution < 1.29 is 29.0 Å². The Morgan fingerprint density at radius 2 is 1.89 bits per heavy atom. The molecule has 27 heavy (non-hydrogen) atoms. The molecule has 0 saturated carbocycles. The predicted octanol–water partition coefficient (Wildman–Crippen LogP) is 3.73. The van der Waals surface area contributed by atoms with Gasteiger partial charge in [-0.15, -0.1) is 11.3 Å². The topological polar surface area (TPSA) is 106 Å². The zero-order chi connectivity index (χ0) is 20.9. The van der Waals surface area contributed by atoms with E-state index in [1.807, 2.05) is 13.8 Å². The van der Waals surface area contributed by atoms with E-state index in [9.17, 15) is 14.4 Å². The molecule has 0 aliphatic heterocycles. The Labute approximate surface area is 163 Å². The molecule has 1 rings (SSSR count). The van der Waals surface area contributed by atoms with E-state index in [1.54, 1.807) is 27.8 Å². The third kappa shape index (κ3) is 7.16. The van der Waals surface area contributed by atoms with Gasteiger partial charge in [0.1, 0.15) is 10.6 Å². The third-order valence-electron chi connectivity index (χ3n) is 3.73. The smallest absolute Gasteiger partial charge is 0.410 e. The molecule has 0 fully saturated rings. The first-order chi connectivity index (χ1) is 12.3.